The summed E-state index contributed by atoms with van der Waals surface area (Å²) in [6, 6.07) is 7.01. The number of fused-ring (bicyclic) bond motifs is 1. The fourth-order valence-corrected chi connectivity index (χ4v) is 2.12. The molecular weight excluding hydrogens is 184 g/mol. The molecule has 0 radical (unpaired) electrons. The highest BCUT2D eigenvalue weighted by atomic mass is 15.1. The Bertz CT molecular complexity index is 333. The van der Waals surface area contributed by atoms with Crippen molar-refractivity contribution in [2.24, 2.45) is 0 Å². The molecule has 2 nitrogen and oxygen atoms in total. The number of benzene rings is 1. The summed E-state index contributed by atoms with van der Waals surface area (Å²) in [7, 11) is 0. The van der Waals surface area contributed by atoms with E-state index in [1.165, 1.54) is 36.2 Å². The van der Waals surface area contributed by atoms with Crippen molar-refractivity contribution in [1.29, 1.82) is 0 Å². The molecule has 82 valence electrons. The van der Waals surface area contributed by atoms with Crippen molar-refractivity contribution in [1.82, 2.24) is 0 Å². The van der Waals surface area contributed by atoms with Gasteiger partial charge in [-0.1, -0.05) is 31.9 Å². The molecule has 0 saturated carbocycles. The lowest BCUT2D eigenvalue weighted by molar-refractivity contribution is 0.619. The number of unbranched alkanes of at least 4 members (excludes halogenated alkanes) is 1. The first-order valence-electron chi connectivity index (χ1n) is 5.91. The van der Waals surface area contributed by atoms with Crippen LogP contribution in [0, 0.1) is 6.92 Å². The van der Waals surface area contributed by atoms with E-state index >= 15 is 0 Å². The third kappa shape index (κ3) is 2.25. The largest absolute Gasteiger partial charge is 0.381 e. The van der Waals surface area contributed by atoms with Gasteiger partial charge in [0, 0.05) is 12.6 Å². The molecule has 0 spiro atoms. The van der Waals surface area contributed by atoms with Gasteiger partial charge < -0.3 is 10.6 Å². The Morgan fingerprint density at radius 2 is 2.27 bits per heavy atom. The van der Waals surface area contributed by atoms with Crippen LogP contribution in [0.1, 0.15) is 31.7 Å². The lowest BCUT2D eigenvalue weighted by Crippen LogP contribution is -2.33. The van der Waals surface area contributed by atoms with E-state index in [2.05, 4.69) is 42.7 Å². The number of nitrogens with one attached hydrogen (secondary N) is 2. The second-order valence-corrected chi connectivity index (χ2v) is 4.36. The Kier molecular flexibility index (Phi) is 3.14. The average molecular weight is 204 g/mol. The van der Waals surface area contributed by atoms with Crippen LogP contribution in [0.3, 0.4) is 0 Å². The van der Waals surface area contributed by atoms with Crippen molar-refractivity contribution in [3.8, 4) is 0 Å². The maximum absolute atomic E-state index is 3.64. The van der Waals surface area contributed by atoms with Gasteiger partial charge in [0.2, 0.25) is 0 Å². The summed E-state index contributed by atoms with van der Waals surface area (Å²) in [6.07, 6.45) is 3.84. The Hall–Kier alpha value is -1.18. The Labute approximate surface area is 92.1 Å². The number of anilines is 2. The van der Waals surface area contributed by atoms with Crippen molar-refractivity contribution < 1.29 is 0 Å². The molecule has 2 heteroatoms. The molecule has 2 rings (SSSR count). The van der Waals surface area contributed by atoms with Gasteiger partial charge in [-0.15, -0.1) is 0 Å². The zero-order valence-electron chi connectivity index (χ0n) is 9.64. The predicted molar refractivity (Wildman–Crippen MR) is 66.6 cm³/mol. The monoisotopic (exact) mass is 204 g/mol. The van der Waals surface area contributed by atoms with Crippen LogP contribution in [0.25, 0.3) is 0 Å². The predicted octanol–water partition coefficient (Wildman–Crippen LogP) is 3.39. The van der Waals surface area contributed by atoms with Gasteiger partial charge in [0.15, 0.2) is 0 Å². The first-order chi connectivity index (χ1) is 7.31. The van der Waals surface area contributed by atoms with Crippen molar-refractivity contribution >= 4 is 11.4 Å². The van der Waals surface area contributed by atoms with E-state index in [4.69, 9.17) is 0 Å². The molecule has 15 heavy (non-hydrogen) atoms. The zero-order chi connectivity index (χ0) is 10.7. The Morgan fingerprint density at radius 1 is 1.40 bits per heavy atom. The minimum absolute atomic E-state index is 0.596. The summed E-state index contributed by atoms with van der Waals surface area (Å²) in [5.41, 5.74) is 3.88. The fraction of sp³-hybridized carbons (Fsp3) is 0.538. The minimum atomic E-state index is 0.596. The van der Waals surface area contributed by atoms with Crippen LogP contribution in [0.15, 0.2) is 18.2 Å². The molecule has 1 aliphatic rings. The second-order valence-electron chi connectivity index (χ2n) is 4.36. The highest BCUT2D eigenvalue weighted by Gasteiger charge is 2.17. The topological polar surface area (TPSA) is 24.1 Å². The molecule has 1 aromatic carbocycles. The lowest BCUT2D eigenvalue weighted by Gasteiger charge is -2.29. The summed E-state index contributed by atoms with van der Waals surface area (Å²) >= 11 is 0. The van der Waals surface area contributed by atoms with Crippen molar-refractivity contribution in [2.75, 3.05) is 17.2 Å². The summed E-state index contributed by atoms with van der Waals surface area (Å²) in [4.78, 5) is 0. The molecule has 1 unspecified atom stereocenters. The van der Waals surface area contributed by atoms with Gasteiger partial charge >= 0.3 is 0 Å². The Morgan fingerprint density at radius 3 is 3.07 bits per heavy atom. The maximum Gasteiger partial charge on any atom is 0.0608 e. The van der Waals surface area contributed by atoms with Crippen molar-refractivity contribution in [3.05, 3.63) is 23.8 Å². The fourth-order valence-electron chi connectivity index (χ4n) is 2.12. The molecule has 0 aliphatic carbocycles. The van der Waals surface area contributed by atoms with E-state index in [-0.39, 0.29) is 0 Å². The number of rotatable bonds is 3. The summed E-state index contributed by atoms with van der Waals surface area (Å²) in [6.45, 7) is 5.46. The zero-order valence-corrected chi connectivity index (χ0v) is 9.64. The first kappa shape index (κ1) is 10.3. The summed E-state index contributed by atoms with van der Waals surface area (Å²) < 4.78 is 0. The van der Waals surface area contributed by atoms with Crippen LogP contribution < -0.4 is 10.6 Å². The second kappa shape index (κ2) is 4.56. The molecule has 2 N–H and O–H groups in total. The molecule has 0 fully saturated rings. The van der Waals surface area contributed by atoms with Gasteiger partial charge in [-0.05, 0) is 25.0 Å². The molecule has 1 aromatic rings. The summed E-state index contributed by atoms with van der Waals surface area (Å²) in [5, 5.41) is 7.14. The van der Waals surface area contributed by atoms with Crippen LogP contribution in [0.4, 0.5) is 11.4 Å². The summed E-state index contributed by atoms with van der Waals surface area (Å²) in [5.74, 6) is 0. The molecule has 1 aliphatic heterocycles. The molecule has 0 bridgehead atoms. The number of aryl methyl sites for hydroxylation is 1. The van der Waals surface area contributed by atoms with Crippen molar-refractivity contribution in [2.45, 2.75) is 39.2 Å². The van der Waals surface area contributed by atoms with Gasteiger partial charge in [-0.3, -0.25) is 0 Å². The molecule has 1 heterocycles. The molecule has 0 aromatic heterocycles. The standard InChI is InChI=1S/C13H20N2/c1-3-4-7-11-9-14-12-8-5-6-10(2)13(12)15-11/h5-6,8,11,14-15H,3-4,7,9H2,1-2H3. The number of para-hydroxylation sites is 1. The first-order valence-corrected chi connectivity index (χ1v) is 5.91. The van der Waals surface area contributed by atoms with Crippen LogP contribution in [0.5, 0.6) is 0 Å². The maximum atomic E-state index is 3.64. The molecule has 0 amide bonds. The van der Waals surface area contributed by atoms with Crippen LogP contribution in [-0.2, 0) is 0 Å². The van der Waals surface area contributed by atoms with Crippen LogP contribution in [-0.4, -0.2) is 12.6 Å². The Balaban J connectivity index is 2.08. The van der Waals surface area contributed by atoms with E-state index in [1.54, 1.807) is 0 Å². The van der Waals surface area contributed by atoms with E-state index in [9.17, 15) is 0 Å². The molecule has 0 saturated heterocycles. The van der Waals surface area contributed by atoms with E-state index in [1.807, 2.05) is 0 Å². The van der Waals surface area contributed by atoms with Gasteiger partial charge in [-0.25, -0.2) is 0 Å². The lowest BCUT2D eigenvalue weighted by atomic mass is 10.0. The van der Waals surface area contributed by atoms with E-state index < -0.39 is 0 Å². The molecular formula is C13H20N2. The van der Waals surface area contributed by atoms with Gasteiger partial charge in [0.05, 0.1) is 11.4 Å². The third-order valence-corrected chi connectivity index (χ3v) is 3.07. The number of hydrogen-bond acceptors (Lipinski definition) is 2. The highest BCUT2D eigenvalue weighted by molar-refractivity contribution is 5.74. The average Bonchev–Trinajstić information content (AvgIpc) is 2.27. The SMILES string of the molecule is CCCCC1CNc2cccc(C)c2N1. The molecule has 1 atom stereocenters. The smallest absolute Gasteiger partial charge is 0.0608 e. The van der Waals surface area contributed by atoms with E-state index in [0.717, 1.165) is 6.54 Å². The van der Waals surface area contributed by atoms with Crippen molar-refractivity contribution in [3.63, 3.8) is 0 Å². The van der Waals surface area contributed by atoms with E-state index in [0.29, 0.717) is 6.04 Å². The van der Waals surface area contributed by atoms with Gasteiger partial charge in [-0.2, -0.15) is 0 Å². The third-order valence-electron chi connectivity index (χ3n) is 3.07. The normalized spacial score (nSPS) is 18.9. The van der Waals surface area contributed by atoms with Gasteiger partial charge in [0.25, 0.3) is 0 Å². The minimum Gasteiger partial charge on any atom is -0.381 e. The number of hydrogen-bond donors (Lipinski definition) is 2. The van der Waals surface area contributed by atoms with Crippen LogP contribution >= 0.6 is 0 Å². The highest BCUT2D eigenvalue weighted by Crippen LogP contribution is 2.30. The quantitative estimate of drug-likeness (QED) is 0.788. The van der Waals surface area contributed by atoms with Gasteiger partial charge in [0.1, 0.15) is 0 Å². The van der Waals surface area contributed by atoms with Crippen LogP contribution in [0.2, 0.25) is 0 Å².